The topological polar surface area (TPSA) is 84.6 Å². The lowest BCUT2D eigenvalue weighted by atomic mass is 10.1. The number of hydrogen-bond donors (Lipinski definition) is 3. The zero-order valence-electron chi connectivity index (χ0n) is 9.53. The van der Waals surface area contributed by atoms with Crippen LogP contribution in [0.4, 0.5) is 0 Å². The molecule has 0 aliphatic heterocycles. The fourth-order valence-electron chi connectivity index (χ4n) is 0.905. The van der Waals surface area contributed by atoms with Crippen LogP contribution in [-0.4, -0.2) is 43.4 Å². The zero-order chi connectivity index (χ0) is 11.7. The Hall–Kier alpha value is -0.650. The molecule has 5 nitrogen and oxygen atoms in total. The van der Waals surface area contributed by atoms with Gasteiger partial charge in [0.1, 0.15) is 6.10 Å². The molecule has 0 aromatic heterocycles. The van der Waals surface area contributed by atoms with Gasteiger partial charge in [-0.05, 0) is 12.3 Å². The maximum absolute atomic E-state index is 10.4. The predicted molar refractivity (Wildman–Crippen MR) is 58.3 cm³/mol. The molecule has 0 radical (unpaired) electrons. The second kappa shape index (κ2) is 8.64. The average Bonchev–Trinajstić information content (AvgIpc) is 2.15. The molecule has 4 N–H and O–H groups in total. The first-order valence-electron chi connectivity index (χ1n) is 5.30. The number of carbonyl (C=O) groups excluding carboxylic acids is 1. The van der Waals surface area contributed by atoms with E-state index in [0.29, 0.717) is 19.1 Å². The van der Waals surface area contributed by atoms with Crippen molar-refractivity contribution in [3.05, 3.63) is 0 Å². The van der Waals surface area contributed by atoms with Gasteiger partial charge in [-0.3, -0.25) is 4.79 Å². The third-order valence-corrected chi connectivity index (χ3v) is 1.93. The van der Waals surface area contributed by atoms with Gasteiger partial charge in [0.25, 0.3) is 0 Å². The van der Waals surface area contributed by atoms with Crippen molar-refractivity contribution in [1.29, 1.82) is 0 Å². The Morgan fingerprint density at radius 1 is 1.47 bits per heavy atom. The summed E-state index contributed by atoms with van der Waals surface area (Å²) in [6, 6.07) is 0. The minimum Gasteiger partial charge on any atom is -0.382 e. The number of aliphatic hydroxyl groups excluding tert-OH is 1. The number of hydrogen-bond acceptors (Lipinski definition) is 4. The molecule has 0 aromatic carbocycles. The van der Waals surface area contributed by atoms with Crippen LogP contribution in [0.2, 0.25) is 0 Å². The van der Waals surface area contributed by atoms with Gasteiger partial charge in [0.05, 0.1) is 6.61 Å². The van der Waals surface area contributed by atoms with Crippen molar-refractivity contribution >= 4 is 5.91 Å². The first-order chi connectivity index (χ1) is 7.04. The summed E-state index contributed by atoms with van der Waals surface area (Å²) in [5, 5.41) is 11.9. The first kappa shape index (κ1) is 14.3. The van der Waals surface area contributed by atoms with Gasteiger partial charge in [-0.1, -0.05) is 13.8 Å². The van der Waals surface area contributed by atoms with Crippen molar-refractivity contribution in [3.8, 4) is 0 Å². The van der Waals surface area contributed by atoms with Crippen LogP contribution in [0.5, 0.6) is 0 Å². The van der Waals surface area contributed by atoms with E-state index in [1.807, 2.05) is 0 Å². The monoisotopic (exact) mass is 218 g/mol. The highest BCUT2D eigenvalue weighted by molar-refractivity contribution is 5.78. The fourth-order valence-corrected chi connectivity index (χ4v) is 0.905. The lowest BCUT2D eigenvalue weighted by Gasteiger charge is -2.09. The molecule has 0 aliphatic carbocycles. The Kier molecular flexibility index (Phi) is 8.27. The summed E-state index contributed by atoms with van der Waals surface area (Å²) in [5.41, 5.74) is 4.87. The lowest BCUT2D eigenvalue weighted by molar-refractivity contribution is -0.125. The normalized spacial score (nSPS) is 13.1. The Balaban J connectivity index is 3.15. The van der Waals surface area contributed by atoms with Gasteiger partial charge in [-0.25, -0.2) is 0 Å². The van der Waals surface area contributed by atoms with Crippen molar-refractivity contribution in [2.45, 2.75) is 26.4 Å². The number of nitrogens with two attached hydrogens (primary N) is 1. The molecule has 1 unspecified atom stereocenters. The molecule has 90 valence electrons. The molecule has 5 heteroatoms. The minimum atomic E-state index is -1.11. The number of amides is 1. The molecule has 0 bridgehead atoms. The van der Waals surface area contributed by atoms with Gasteiger partial charge in [-0.15, -0.1) is 0 Å². The van der Waals surface area contributed by atoms with Crippen LogP contribution in [-0.2, 0) is 9.53 Å². The van der Waals surface area contributed by atoms with Gasteiger partial charge in [0.2, 0.25) is 5.91 Å². The SMILES string of the molecule is CC(C)CCOCCNCC(O)C(N)=O. The van der Waals surface area contributed by atoms with Crippen molar-refractivity contribution in [2.75, 3.05) is 26.3 Å². The van der Waals surface area contributed by atoms with E-state index in [1.54, 1.807) is 0 Å². The Morgan fingerprint density at radius 2 is 2.13 bits per heavy atom. The van der Waals surface area contributed by atoms with Gasteiger partial charge in [0.15, 0.2) is 0 Å². The van der Waals surface area contributed by atoms with Crippen LogP contribution in [0.15, 0.2) is 0 Å². The highest BCUT2D eigenvalue weighted by atomic mass is 16.5. The summed E-state index contributed by atoms with van der Waals surface area (Å²) in [7, 11) is 0. The molecule has 0 aromatic rings. The second-order valence-electron chi connectivity index (χ2n) is 3.92. The fraction of sp³-hybridized carbons (Fsp3) is 0.900. The highest BCUT2D eigenvalue weighted by Gasteiger charge is 2.08. The summed E-state index contributed by atoms with van der Waals surface area (Å²) in [5.74, 6) is -0.0575. The molecule has 0 saturated heterocycles. The quantitative estimate of drug-likeness (QED) is 0.455. The molecule has 0 rings (SSSR count). The maximum Gasteiger partial charge on any atom is 0.247 e. The van der Waals surface area contributed by atoms with Gasteiger partial charge < -0.3 is 20.9 Å². The van der Waals surface area contributed by atoms with E-state index in [9.17, 15) is 4.79 Å². The van der Waals surface area contributed by atoms with E-state index in [0.717, 1.165) is 13.0 Å². The molecule has 0 heterocycles. The van der Waals surface area contributed by atoms with Gasteiger partial charge in [0, 0.05) is 19.7 Å². The third kappa shape index (κ3) is 9.65. The molecule has 1 amide bonds. The zero-order valence-corrected chi connectivity index (χ0v) is 9.53. The number of aliphatic hydroxyl groups is 1. The lowest BCUT2D eigenvalue weighted by Crippen LogP contribution is -2.38. The van der Waals surface area contributed by atoms with E-state index in [1.165, 1.54) is 0 Å². The molecule has 0 aliphatic rings. The van der Waals surface area contributed by atoms with E-state index in [2.05, 4.69) is 19.2 Å². The average molecular weight is 218 g/mol. The molecule has 0 saturated carbocycles. The number of rotatable bonds is 9. The summed E-state index contributed by atoms with van der Waals surface area (Å²) in [4.78, 5) is 10.4. The first-order valence-corrected chi connectivity index (χ1v) is 5.30. The van der Waals surface area contributed by atoms with Gasteiger partial charge >= 0.3 is 0 Å². The number of nitrogens with one attached hydrogen (secondary N) is 1. The van der Waals surface area contributed by atoms with E-state index >= 15 is 0 Å². The minimum absolute atomic E-state index is 0.183. The Morgan fingerprint density at radius 3 is 2.67 bits per heavy atom. The summed E-state index contributed by atoms with van der Waals surface area (Å²) in [6.45, 7) is 6.41. The summed E-state index contributed by atoms with van der Waals surface area (Å²) >= 11 is 0. The van der Waals surface area contributed by atoms with Gasteiger partial charge in [-0.2, -0.15) is 0 Å². The standard InChI is InChI=1S/C10H22N2O3/c1-8(2)3-5-15-6-4-12-7-9(13)10(11)14/h8-9,12-13H,3-7H2,1-2H3,(H2,11,14). The van der Waals surface area contributed by atoms with Crippen molar-refractivity contribution in [1.82, 2.24) is 5.32 Å². The van der Waals surface area contributed by atoms with Crippen molar-refractivity contribution in [3.63, 3.8) is 0 Å². The van der Waals surface area contributed by atoms with Crippen molar-refractivity contribution < 1.29 is 14.6 Å². The summed E-state index contributed by atoms with van der Waals surface area (Å²) < 4.78 is 5.33. The highest BCUT2D eigenvalue weighted by Crippen LogP contribution is 1.98. The van der Waals surface area contributed by atoms with Crippen LogP contribution in [0.1, 0.15) is 20.3 Å². The van der Waals surface area contributed by atoms with E-state index in [-0.39, 0.29) is 6.54 Å². The van der Waals surface area contributed by atoms with Crippen LogP contribution in [0.25, 0.3) is 0 Å². The van der Waals surface area contributed by atoms with E-state index < -0.39 is 12.0 Å². The number of ether oxygens (including phenoxy) is 1. The predicted octanol–water partition coefficient (Wildman–Crippen LogP) is -0.515. The number of carbonyl (C=O) groups is 1. The van der Waals surface area contributed by atoms with Crippen molar-refractivity contribution in [2.24, 2.45) is 11.7 Å². The molecular weight excluding hydrogens is 196 g/mol. The summed E-state index contributed by atoms with van der Waals surface area (Å²) in [6.07, 6.45) is -0.0649. The second-order valence-corrected chi connectivity index (χ2v) is 3.92. The Bertz CT molecular complexity index is 174. The molecule has 1 atom stereocenters. The van der Waals surface area contributed by atoms with Crippen LogP contribution < -0.4 is 11.1 Å². The molecule has 0 spiro atoms. The maximum atomic E-state index is 10.4. The van der Waals surface area contributed by atoms with Crippen LogP contribution in [0.3, 0.4) is 0 Å². The smallest absolute Gasteiger partial charge is 0.247 e. The molecular formula is C10H22N2O3. The third-order valence-electron chi connectivity index (χ3n) is 1.93. The Labute approximate surface area is 91.0 Å². The number of primary amides is 1. The molecule has 0 fully saturated rings. The molecule has 15 heavy (non-hydrogen) atoms. The van der Waals surface area contributed by atoms with E-state index in [4.69, 9.17) is 15.6 Å². The largest absolute Gasteiger partial charge is 0.382 e. The van der Waals surface area contributed by atoms with Crippen LogP contribution >= 0.6 is 0 Å². The van der Waals surface area contributed by atoms with Crippen LogP contribution in [0, 0.1) is 5.92 Å².